The predicted molar refractivity (Wildman–Crippen MR) is 110 cm³/mol. The van der Waals surface area contributed by atoms with Crippen LogP contribution in [-0.2, 0) is 6.42 Å². The number of anilines is 1. The van der Waals surface area contributed by atoms with Gasteiger partial charge in [-0.05, 0) is 30.5 Å². The fourth-order valence-corrected chi connectivity index (χ4v) is 3.42. The highest BCUT2D eigenvalue weighted by atomic mass is 15.2. The van der Waals surface area contributed by atoms with Crippen molar-refractivity contribution in [3.8, 4) is 0 Å². The van der Waals surface area contributed by atoms with Crippen molar-refractivity contribution in [3.05, 3.63) is 67.0 Å². The minimum atomic E-state index is 0.449. The Kier molecular flexibility index (Phi) is 6.18. The molecule has 1 aromatic heterocycles. The summed E-state index contributed by atoms with van der Waals surface area (Å²) in [5.41, 5.74) is 2.24. The van der Waals surface area contributed by atoms with Gasteiger partial charge < -0.3 is 5.32 Å². The molecule has 0 saturated carbocycles. The molecule has 2 aromatic rings. The van der Waals surface area contributed by atoms with E-state index in [-0.39, 0.29) is 0 Å². The standard InChI is InChI=1S/C22H28N4/c1-4-9-17(5-2)16-26-14-12-18(13-15-26)23-22-19-10-7-8-11-20(19)24-21(6-3)25-22/h4-5,7-11,18H,1-2,6,12-16H2,3H3,(H,23,24,25)/b17-9+. The Labute approximate surface area is 156 Å². The van der Waals surface area contributed by atoms with Crippen LogP contribution < -0.4 is 5.32 Å². The molecular formula is C22H28N4. The van der Waals surface area contributed by atoms with Gasteiger partial charge in [0.2, 0.25) is 0 Å². The average molecular weight is 348 g/mol. The number of benzene rings is 1. The molecule has 136 valence electrons. The largest absolute Gasteiger partial charge is 0.367 e. The minimum Gasteiger partial charge on any atom is -0.367 e. The van der Waals surface area contributed by atoms with Gasteiger partial charge in [-0.3, -0.25) is 4.90 Å². The van der Waals surface area contributed by atoms with E-state index in [2.05, 4.69) is 47.4 Å². The van der Waals surface area contributed by atoms with Gasteiger partial charge in [0, 0.05) is 37.5 Å². The zero-order chi connectivity index (χ0) is 18.4. The molecule has 1 fully saturated rings. The Balaban J connectivity index is 1.66. The number of para-hydroxylation sites is 1. The van der Waals surface area contributed by atoms with E-state index in [1.54, 1.807) is 0 Å². The van der Waals surface area contributed by atoms with Gasteiger partial charge in [-0.1, -0.05) is 50.4 Å². The van der Waals surface area contributed by atoms with Crippen LogP contribution in [0, 0.1) is 0 Å². The normalized spacial score (nSPS) is 16.6. The summed E-state index contributed by atoms with van der Waals surface area (Å²) in [7, 11) is 0. The Hall–Kier alpha value is -2.46. The van der Waals surface area contributed by atoms with Crippen molar-refractivity contribution in [1.82, 2.24) is 14.9 Å². The Morgan fingerprint density at radius 1 is 1.23 bits per heavy atom. The SMILES string of the molecule is C=C/C=C(\C=C)CN1CCC(Nc2nc(CC)nc3ccccc23)CC1. The Bertz CT molecular complexity index is 801. The lowest BCUT2D eigenvalue weighted by molar-refractivity contribution is 0.237. The molecule has 1 aliphatic heterocycles. The maximum atomic E-state index is 4.75. The summed E-state index contributed by atoms with van der Waals surface area (Å²) in [5.74, 6) is 1.87. The first-order chi connectivity index (χ1) is 12.7. The summed E-state index contributed by atoms with van der Waals surface area (Å²) in [6.45, 7) is 12.9. The molecule has 0 unspecified atom stereocenters. The fraction of sp³-hybridized carbons (Fsp3) is 0.364. The zero-order valence-corrected chi connectivity index (χ0v) is 15.6. The number of allylic oxidation sites excluding steroid dienone is 2. The molecule has 1 aromatic carbocycles. The second kappa shape index (κ2) is 8.77. The van der Waals surface area contributed by atoms with Crippen LogP contribution in [0.3, 0.4) is 0 Å². The first-order valence-electron chi connectivity index (χ1n) is 9.42. The molecule has 0 spiro atoms. The lowest BCUT2D eigenvalue weighted by Gasteiger charge is -2.33. The topological polar surface area (TPSA) is 41.0 Å². The monoisotopic (exact) mass is 348 g/mol. The Morgan fingerprint density at radius 2 is 2.00 bits per heavy atom. The lowest BCUT2D eigenvalue weighted by Crippen LogP contribution is -2.40. The van der Waals surface area contributed by atoms with Crippen molar-refractivity contribution in [2.75, 3.05) is 25.0 Å². The molecule has 4 nitrogen and oxygen atoms in total. The average Bonchev–Trinajstić information content (AvgIpc) is 2.68. The van der Waals surface area contributed by atoms with Crippen molar-refractivity contribution in [1.29, 1.82) is 0 Å². The molecule has 1 aliphatic rings. The second-order valence-corrected chi connectivity index (χ2v) is 6.74. The van der Waals surface area contributed by atoms with Crippen LogP contribution in [0.25, 0.3) is 10.9 Å². The number of nitrogens with one attached hydrogen (secondary N) is 1. The molecule has 0 atom stereocenters. The number of aryl methyl sites for hydroxylation is 1. The van der Waals surface area contributed by atoms with E-state index in [1.165, 1.54) is 5.57 Å². The number of aromatic nitrogens is 2. The van der Waals surface area contributed by atoms with Gasteiger partial charge in [-0.2, -0.15) is 0 Å². The summed E-state index contributed by atoms with van der Waals surface area (Å²) < 4.78 is 0. The Morgan fingerprint density at radius 3 is 2.69 bits per heavy atom. The zero-order valence-electron chi connectivity index (χ0n) is 15.6. The van der Waals surface area contributed by atoms with Crippen molar-refractivity contribution in [2.45, 2.75) is 32.2 Å². The number of hydrogen-bond donors (Lipinski definition) is 1. The summed E-state index contributed by atoms with van der Waals surface area (Å²) in [5, 5.41) is 4.79. The van der Waals surface area contributed by atoms with E-state index in [0.29, 0.717) is 6.04 Å². The van der Waals surface area contributed by atoms with Gasteiger partial charge in [0.1, 0.15) is 11.6 Å². The van der Waals surface area contributed by atoms with Crippen molar-refractivity contribution in [3.63, 3.8) is 0 Å². The summed E-state index contributed by atoms with van der Waals surface area (Å²) >= 11 is 0. The van der Waals surface area contributed by atoms with Gasteiger partial charge in [-0.25, -0.2) is 9.97 Å². The highest BCUT2D eigenvalue weighted by Crippen LogP contribution is 2.23. The van der Waals surface area contributed by atoms with E-state index < -0.39 is 0 Å². The molecule has 0 aliphatic carbocycles. The lowest BCUT2D eigenvalue weighted by atomic mass is 10.0. The van der Waals surface area contributed by atoms with E-state index in [9.17, 15) is 0 Å². The van der Waals surface area contributed by atoms with Gasteiger partial charge in [0.15, 0.2) is 0 Å². The number of rotatable bonds is 7. The molecular weight excluding hydrogens is 320 g/mol. The van der Waals surface area contributed by atoms with Gasteiger partial charge in [-0.15, -0.1) is 0 Å². The van der Waals surface area contributed by atoms with E-state index >= 15 is 0 Å². The number of likely N-dealkylation sites (tertiary alicyclic amines) is 1. The summed E-state index contributed by atoms with van der Waals surface area (Å²) in [4.78, 5) is 11.9. The van der Waals surface area contributed by atoms with Gasteiger partial charge >= 0.3 is 0 Å². The van der Waals surface area contributed by atoms with E-state index in [0.717, 1.165) is 61.4 Å². The van der Waals surface area contributed by atoms with Crippen LogP contribution >= 0.6 is 0 Å². The number of fused-ring (bicyclic) bond motifs is 1. The first kappa shape index (κ1) is 18.3. The minimum absolute atomic E-state index is 0.449. The summed E-state index contributed by atoms with van der Waals surface area (Å²) in [6, 6.07) is 8.69. The molecule has 26 heavy (non-hydrogen) atoms. The fourth-order valence-electron chi connectivity index (χ4n) is 3.42. The molecule has 0 radical (unpaired) electrons. The van der Waals surface area contributed by atoms with Crippen molar-refractivity contribution in [2.24, 2.45) is 0 Å². The maximum absolute atomic E-state index is 4.75. The van der Waals surface area contributed by atoms with Crippen LogP contribution in [0.1, 0.15) is 25.6 Å². The molecule has 2 heterocycles. The summed E-state index contributed by atoms with van der Waals surface area (Å²) in [6.07, 6.45) is 8.85. The highest BCUT2D eigenvalue weighted by molar-refractivity contribution is 5.89. The molecule has 1 N–H and O–H groups in total. The van der Waals surface area contributed by atoms with Gasteiger partial charge in [0.25, 0.3) is 0 Å². The van der Waals surface area contributed by atoms with Crippen LogP contribution in [0.5, 0.6) is 0 Å². The smallest absolute Gasteiger partial charge is 0.137 e. The van der Waals surface area contributed by atoms with Crippen LogP contribution in [0.2, 0.25) is 0 Å². The number of nitrogens with zero attached hydrogens (tertiary/aromatic N) is 3. The highest BCUT2D eigenvalue weighted by Gasteiger charge is 2.20. The predicted octanol–water partition coefficient (Wildman–Crippen LogP) is 4.37. The third-order valence-corrected chi connectivity index (χ3v) is 4.89. The molecule has 4 heteroatoms. The number of piperidine rings is 1. The number of hydrogen-bond acceptors (Lipinski definition) is 4. The van der Waals surface area contributed by atoms with Crippen molar-refractivity contribution >= 4 is 16.7 Å². The third kappa shape index (κ3) is 4.38. The molecule has 0 amide bonds. The van der Waals surface area contributed by atoms with Gasteiger partial charge in [0.05, 0.1) is 5.52 Å². The van der Waals surface area contributed by atoms with Crippen molar-refractivity contribution < 1.29 is 0 Å². The molecule has 1 saturated heterocycles. The van der Waals surface area contributed by atoms with Crippen LogP contribution in [0.4, 0.5) is 5.82 Å². The quantitative estimate of drug-likeness (QED) is 0.755. The maximum Gasteiger partial charge on any atom is 0.137 e. The van der Waals surface area contributed by atoms with Crippen LogP contribution in [-0.4, -0.2) is 40.5 Å². The van der Waals surface area contributed by atoms with E-state index in [4.69, 9.17) is 4.98 Å². The molecule has 0 bridgehead atoms. The van der Waals surface area contributed by atoms with E-state index in [1.807, 2.05) is 30.4 Å². The second-order valence-electron chi connectivity index (χ2n) is 6.74. The third-order valence-electron chi connectivity index (χ3n) is 4.89. The molecule has 3 rings (SSSR count). The van der Waals surface area contributed by atoms with Crippen LogP contribution in [0.15, 0.2) is 61.2 Å². The first-order valence-corrected chi connectivity index (χ1v) is 9.42.